The van der Waals surface area contributed by atoms with Gasteiger partial charge in [0.2, 0.25) is 10.6 Å². The molecule has 0 saturated carbocycles. The number of aryl methyl sites for hydroxylation is 2. The van der Waals surface area contributed by atoms with Crippen LogP contribution in [0.25, 0.3) is 10.2 Å². The van der Waals surface area contributed by atoms with Crippen LogP contribution in [0.4, 0.5) is 5.82 Å². The molecule has 3 nitrogen and oxygen atoms in total. The smallest absolute Gasteiger partial charge is 0.300 e. The van der Waals surface area contributed by atoms with Crippen molar-refractivity contribution in [2.45, 2.75) is 37.4 Å². The fourth-order valence-corrected chi connectivity index (χ4v) is 4.99. The van der Waals surface area contributed by atoms with E-state index in [1.807, 2.05) is 11.3 Å². The molecule has 0 bridgehead atoms. The van der Waals surface area contributed by atoms with E-state index in [9.17, 15) is 0 Å². The Morgan fingerprint density at radius 2 is 2.22 bits per heavy atom. The number of hydrogen-bond acceptors (Lipinski definition) is 4. The maximum absolute atomic E-state index is 4.87. The molecule has 0 fully saturated rings. The molecule has 0 radical (unpaired) electrons. The Bertz CT molecular complexity index is 633. The molecule has 1 aliphatic heterocycles. The van der Waals surface area contributed by atoms with Crippen molar-refractivity contribution in [2.75, 3.05) is 18.1 Å². The van der Waals surface area contributed by atoms with Crippen LogP contribution >= 0.6 is 23.1 Å². The van der Waals surface area contributed by atoms with Crippen molar-refractivity contribution < 1.29 is 4.57 Å². The van der Waals surface area contributed by atoms with E-state index in [2.05, 4.69) is 16.1 Å². The van der Waals surface area contributed by atoms with Gasteiger partial charge in [0.15, 0.2) is 0 Å². The van der Waals surface area contributed by atoms with E-state index in [1.54, 1.807) is 22.2 Å². The lowest BCUT2D eigenvalue weighted by Crippen LogP contribution is -2.34. The van der Waals surface area contributed by atoms with Crippen LogP contribution in [0.5, 0.6) is 0 Å². The summed E-state index contributed by atoms with van der Waals surface area (Å²) in [6.45, 7) is 2.10. The Kier molecular flexibility index (Phi) is 2.52. The molecule has 0 aromatic carbocycles. The number of anilines is 1. The quantitative estimate of drug-likeness (QED) is 0.494. The minimum atomic E-state index is 1.04. The van der Waals surface area contributed by atoms with Crippen LogP contribution in [-0.4, -0.2) is 17.8 Å². The molecule has 0 saturated heterocycles. The summed E-state index contributed by atoms with van der Waals surface area (Å²) in [6.07, 6.45) is 7.29. The van der Waals surface area contributed by atoms with Gasteiger partial charge in [-0.2, -0.15) is 0 Å². The van der Waals surface area contributed by atoms with Gasteiger partial charge in [0, 0.05) is 4.88 Å². The van der Waals surface area contributed by atoms with E-state index in [-0.39, 0.29) is 0 Å². The highest BCUT2D eigenvalue weighted by atomic mass is 32.2. The van der Waals surface area contributed by atoms with Crippen LogP contribution in [0.3, 0.4) is 0 Å². The van der Waals surface area contributed by atoms with Gasteiger partial charge in [-0.3, -0.25) is 0 Å². The minimum absolute atomic E-state index is 1.04. The van der Waals surface area contributed by atoms with Crippen LogP contribution in [0.1, 0.15) is 23.3 Å². The number of rotatable bonds is 1. The molecule has 94 valence electrons. The number of thiophene rings is 1. The molecule has 4 rings (SSSR count). The number of fused-ring (bicyclic) bond motifs is 5. The van der Waals surface area contributed by atoms with Crippen LogP contribution in [0.2, 0.25) is 0 Å². The van der Waals surface area contributed by atoms with Gasteiger partial charge in [0.25, 0.3) is 5.16 Å². The number of aromatic nitrogens is 2. The van der Waals surface area contributed by atoms with Gasteiger partial charge in [-0.1, -0.05) is 16.7 Å². The van der Waals surface area contributed by atoms with Crippen molar-refractivity contribution in [2.24, 2.45) is 0 Å². The largest absolute Gasteiger partial charge is 0.302 e. The van der Waals surface area contributed by atoms with Gasteiger partial charge in [0.1, 0.15) is 11.9 Å². The van der Waals surface area contributed by atoms with Gasteiger partial charge in [-0.15, -0.1) is 11.3 Å². The van der Waals surface area contributed by atoms with E-state index in [0.29, 0.717) is 0 Å². The monoisotopic (exact) mass is 278 g/mol. The van der Waals surface area contributed by atoms with Crippen molar-refractivity contribution in [3.8, 4) is 0 Å². The molecule has 1 aliphatic carbocycles. The molecular weight excluding hydrogens is 262 g/mol. The number of hydrogen-bond donors (Lipinski definition) is 1. The van der Waals surface area contributed by atoms with Crippen molar-refractivity contribution in [3.05, 3.63) is 10.4 Å². The molecule has 2 aliphatic rings. The van der Waals surface area contributed by atoms with Crippen LogP contribution in [0, 0.1) is 0 Å². The first kappa shape index (κ1) is 11.1. The molecular formula is C13H16N3S2+. The summed E-state index contributed by atoms with van der Waals surface area (Å²) >= 11 is 3.67. The van der Waals surface area contributed by atoms with Crippen LogP contribution in [-0.2, 0) is 19.4 Å². The second-order valence-corrected chi connectivity index (χ2v) is 6.77. The van der Waals surface area contributed by atoms with E-state index in [1.165, 1.54) is 41.7 Å². The fourth-order valence-electron chi connectivity index (χ4n) is 3.09. The molecule has 0 spiro atoms. The molecule has 2 aromatic rings. The summed E-state index contributed by atoms with van der Waals surface area (Å²) in [6, 6.07) is 0. The van der Waals surface area contributed by atoms with Gasteiger partial charge >= 0.3 is 0 Å². The third-order valence-corrected chi connectivity index (χ3v) is 5.76. The van der Waals surface area contributed by atoms with Gasteiger partial charge in [-0.25, -0.2) is 4.57 Å². The van der Waals surface area contributed by atoms with Crippen molar-refractivity contribution in [1.29, 1.82) is 0 Å². The Hall–Kier alpha value is -0.810. The molecule has 2 aromatic heterocycles. The van der Waals surface area contributed by atoms with Crippen molar-refractivity contribution in [1.82, 2.24) is 4.98 Å². The lowest BCUT2D eigenvalue weighted by molar-refractivity contribution is -0.710. The lowest BCUT2D eigenvalue weighted by atomic mass is 9.97. The highest BCUT2D eigenvalue weighted by molar-refractivity contribution is 7.98. The van der Waals surface area contributed by atoms with Gasteiger partial charge in [0.05, 0.1) is 6.54 Å². The molecule has 5 heteroatoms. The van der Waals surface area contributed by atoms with Gasteiger partial charge < -0.3 is 5.32 Å². The maximum Gasteiger partial charge on any atom is 0.300 e. The summed E-state index contributed by atoms with van der Waals surface area (Å²) in [4.78, 5) is 7.70. The molecule has 0 unspecified atom stereocenters. The topological polar surface area (TPSA) is 28.8 Å². The average Bonchev–Trinajstić information content (AvgIpc) is 3.00. The zero-order chi connectivity index (χ0) is 12.1. The second kappa shape index (κ2) is 4.10. The summed E-state index contributed by atoms with van der Waals surface area (Å²) in [5, 5.41) is 6.15. The number of nitrogens with zero attached hydrogens (tertiary/aromatic N) is 2. The van der Waals surface area contributed by atoms with E-state index < -0.39 is 0 Å². The van der Waals surface area contributed by atoms with E-state index >= 15 is 0 Å². The summed E-state index contributed by atoms with van der Waals surface area (Å²) in [7, 11) is 0. The molecule has 3 heterocycles. The summed E-state index contributed by atoms with van der Waals surface area (Å²) < 4.78 is 2.36. The first-order valence-electron chi connectivity index (χ1n) is 6.54. The minimum Gasteiger partial charge on any atom is -0.302 e. The van der Waals surface area contributed by atoms with E-state index in [4.69, 9.17) is 4.98 Å². The zero-order valence-corrected chi connectivity index (χ0v) is 12.1. The Morgan fingerprint density at radius 3 is 3.11 bits per heavy atom. The summed E-state index contributed by atoms with van der Waals surface area (Å²) in [5.74, 6) is 1.32. The zero-order valence-electron chi connectivity index (χ0n) is 10.5. The molecule has 18 heavy (non-hydrogen) atoms. The fraction of sp³-hybridized carbons (Fsp3) is 0.538. The van der Waals surface area contributed by atoms with Gasteiger partial charge in [-0.05, 0) is 37.5 Å². The third-order valence-electron chi connectivity index (χ3n) is 3.90. The molecule has 0 atom stereocenters. The lowest BCUT2D eigenvalue weighted by Gasteiger charge is -2.10. The maximum atomic E-state index is 4.87. The highest BCUT2D eigenvalue weighted by Gasteiger charge is 2.30. The van der Waals surface area contributed by atoms with Crippen molar-refractivity contribution in [3.63, 3.8) is 0 Å². The van der Waals surface area contributed by atoms with E-state index in [0.717, 1.165) is 18.2 Å². The number of thioether (sulfide) groups is 1. The Morgan fingerprint density at radius 1 is 1.33 bits per heavy atom. The van der Waals surface area contributed by atoms with Crippen LogP contribution in [0.15, 0.2) is 5.16 Å². The number of nitrogens with one attached hydrogen (secondary N) is 1. The standard InChI is InChI=1S/C13H15N3S2/c1-17-13-15-12-10(11-14-6-7-16(11)13)8-4-2-3-5-9(8)18-12/h2-7H2,1H3/p+1. The molecule has 0 amide bonds. The third kappa shape index (κ3) is 1.43. The first-order valence-corrected chi connectivity index (χ1v) is 8.58. The Labute approximate surface area is 115 Å². The van der Waals surface area contributed by atoms with Crippen molar-refractivity contribution >= 4 is 39.1 Å². The normalized spacial score (nSPS) is 17.6. The first-order chi connectivity index (χ1) is 8.88. The summed E-state index contributed by atoms with van der Waals surface area (Å²) in [5.41, 5.74) is 1.58. The van der Waals surface area contributed by atoms with Crippen LogP contribution < -0.4 is 9.88 Å². The molecule has 1 N–H and O–H groups in total. The predicted molar refractivity (Wildman–Crippen MR) is 76.7 cm³/mol. The predicted octanol–water partition coefficient (Wildman–Crippen LogP) is 2.61. The Balaban J connectivity index is 2.07. The average molecular weight is 278 g/mol. The highest BCUT2D eigenvalue weighted by Crippen LogP contribution is 2.39. The SMILES string of the molecule is CSc1nc2sc3c(c2c2[n+]1CCN2)CCCC3. The second-order valence-electron chi connectivity index (χ2n) is 4.92.